The van der Waals surface area contributed by atoms with Gasteiger partial charge in [-0.3, -0.25) is 0 Å². The fourth-order valence-corrected chi connectivity index (χ4v) is 6.84. The number of hydrogen-bond donors (Lipinski definition) is 0. The second-order valence-electron chi connectivity index (χ2n) is 10.4. The van der Waals surface area contributed by atoms with Crippen LogP contribution in [-0.4, -0.2) is 0 Å². The van der Waals surface area contributed by atoms with Gasteiger partial charge in [0.25, 0.3) is 0 Å². The lowest BCUT2D eigenvalue weighted by molar-refractivity contribution is 0.669. The Morgan fingerprint density at radius 2 is 0.795 bits per heavy atom. The lowest BCUT2D eigenvalue weighted by Gasteiger charge is -2.18. The normalized spacial score (nSPS) is 12.1. The van der Waals surface area contributed by atoms with Gasteiger partial charge in [0.2, 0.25) is 0 Å². The van der Waals surface area contributed by atoms with E-state index in [1.54, 1.807) is 0 Å². The van der Waals surface area contributed by atoms with Crippen LogP contribution in [0.1, 0.15) is 0 Å². The molecule has 0 aliphatic heterocycles. The molecular formula is C38H22O. The number of hydrogen-bond acceptors (Lipinski definition) is 1. The number of benzene rings is 8. The van der Waals surface area contributed by atoms with E-state index >= 15 is 0 Å². The maximum atomic E-state index is 6.56. The highest BCUT2D eigenvalue weighted by atomic mass is 16.3. The lowest BCUT2D eigenvalue weighted by Crippen LogP contribution is -1.91. The van der Waals surface area contributed by atoms with Gasteiger partial charge < -0.3 is 4.42 Å². The zero-order chi connectivity index (χ0) is 25.5. The zero-order valence-electron chi connectivity index (χ0n) is 21.1. The Labute approximate surface area is 224 Å². The zero-order valence-corrected chi connectivity index (χ0v) is 21.1. The monoisotopic (exact) mass is 494 g/mol. The van der Waals surface area contributed by atoms with Crippen molar-refractivity contribution >= 4 is 65.0 Å². The van der Waals surface area contributed by atoms with Crippen LogP contribution in [0.4, 0.5) is 0 Å². The molecule has 39 heavy (non-hydrogen) atoms. The van der Waals surface area contributed by atoms with Crippen LogP contribution >= 0.6 is 0 Å². The van der Waals surface area contributed by atoms with Crippen LogP contribution in [0.5, 0.6) is 0 Å². The molecule has 0 N–H and O–H groups in total. The van der Waals surface area contributed by atoms with E-state index in [-0.39, 0.29) is 0 Å². The van der Waals surface area contributed by atoms with Crippen molar-refractivity contribution in [1.82, 2.24) is 0 Å². The highest BCUT2D eigenvalue weighted by Crippen LogP contribution is 2.48. The summed E-state index contributed by atoms with van der Waals surface area (Å²) in [6.07, 6.45) is 0. The smallest absolute Gasteiger partial charge is 0.136 e. The molecule has 0 spiro atoms. The van der Waals surface area contributed by atoms with Crippen molar-refractivity contribution in [2.24, 2.45) is 0 Å². The summed E-state index contributed by atoms with van der Waals surface area (Å²) in [6.45, 7) is 0. The SMILES string of the molecule is c1ccc(-c2c3ccccc3c(-c3cc4oc5cccc6c7ccccc7c(c3)c4c56)c3ccccc23)cc1. The predicted octanol–water partition coefficient (Wildman–Crippen LogP) is 11.0. The molecule has 0 radical (unpaired) electrons. The average Bonchev–Trinajstić information content (AvgIpc) is 3.38. The molecule has 0 aliphatic carbocycles. The Bertz CT molecular complexity index is 2320. The first-order valence-electron chi connectivity index (χ1n) is 13.4. The number of rotatable bonds is 2. The fraction of sp³-hybridized carbons (Fsp3) is 0. The third kappa shape index (κ3) is 2.79. The van der Waals surface area contributed by atoms with Gasteiger partial charge in [-0.25, -0.2) is 0 Å². The molecule has 0 aliphatic rings. The first kappa shape index (κ1) is 20.9. The van der Waals surface area contributed by atoms with E-state index < -0.39 is 0 Å². The Morgan fingerprint density at radius 1 is 0.308 bits per heavy atom. The highest BCUT2D eigenvalue weighted by molar-refractivity contribution is 6.34. The molecule has 0 saturated heterocycles. The van der Waals surface area contributed by atoms with E-state index in [1.165, 1.54) is 76.1 Å². The van der Waals surface area contributed by atoms with Gasteiger partial charge in [-0.1, -0.05) is 115 Å². The van der Waals surface area contributed by atoms with Gasteiger partial charge in [0, 0.05) is 10.8 Å². The van der Waals surface area contributed by atoms with Crippen molar-refractivity contribution in [3.8, 4) is 22.3 Å². The predicted molar refractivity (Wildman–Crippen MR) is 166 cm³/mol. The van der Waals surface area contributed by atoms with Crippen molar-refractivity contribution < 1.29 is 4.42 Å². The summed E-state index contributed by atoms with van der Waals surface area (Å²) in [5, 5.41) is 12.5. The molecule has 1 nitrogen and oxygen atoms in total. The van der Waals surface area contributed by atoms with Crippen LogP contribution in [0, 0.1) is 0 Å². The van der Waals surface area contributed by atoms with E-state index in [0.29, 0.717) is 0 Å². The summed E-state index contributed by atoms with van der Waals surface area (Å²) in [5.74, 6) is 0. The van der Waals surface area contributed by atoms with Crippen molar-refractivity contribution in [3.05, 3.63) is 133 Å². The van der Waals surface area contributed by atoms with Crippen LogP contribution in [0.3, 0.4) is 0 Å². The molecule has 0 atom stereocenters. The molecule has 0 unspecified atom stereocenters. The standard InChI is InChI=1S/C38H22O/c1-2-11-23(12-3-1)35-28-15-6-8-17-30(28)36(31-18-9-7-16-29(31)35)24-21-32-26-14-5-4-13-25(26)27-19-10-20-33-37(27)38(32)34(22-24)39-33/h1-22H. The van der Waals surface area contributed by atoms with Gasteiger partial charge in [0.15, 0.2) is 0 Å². The Morgan fingerprint density at radius 3 is 1.44 bits per heavy atom. The molecule has 1 aromatic heterocycles. The second kappa shape index (κ2) is 7.69. The van der Waals surface area contributed by atoms with Crippen LogP contribution in [-0.2, 0) is 0 Å². The first-order chi connectivity index (χ1) is 19.4. The van der Waals surface area contributed by atoms with Crippen molar-refractivity contribution in [2.45, 2.75) is 0 Å². The number of fused-ring (bicyclic) bond motifs is 5. The van der Waals surface area contributed by atoms with Crippen LogP contribution < -0.4 is 0 Å². The van der Waals surface area contributed by atoms with Gasteiger partial charge in [-0.15, -0.1) is 0 Å². The van der Waals surface area contributed by atoms with Gasteiger partial charge >= 0.3 is 0 Å². The van der Waals surface area contributed by atoms with E-state index in [4.69, 9.17) is 4.42 Å². The summed E-state index contributed by atoms with van der Waals surface area (Å²) in [4.78, 5) is 0. The maximum absolute atomic E-state index is 6.56. The molecule has 9 aromatic rings. The van der Waals surface area contributed by atoms with Crippen molar-refractivity contribution in [3.63, 3.8) is 0 Å². The molecule has 8 aromatic carbocycles. The Hall–Kier alpha value is -5.14. The van der Waals surface area contributed by atoms with Crippen LogP contribution in [0.25, 0.3) is 87.3 Å². The minimum atomic E-state index is 0.944. The lowest BCUT2D eigenvalue weighted by atomic mass is 9.85. The van der Waals surface area contributed by atoms with E-state index in [0.717, 1.165) is 11.2 Å². The van der Waals surface area contributed by atoms with Gasteiger partial charge in [-0.2, -0.15) is 0 Å². The summed E-state index contributed by atoms with van der Waals surface area (Å²) in [5.41, 5.74) is 6.85. The molecule has 0 amide bonds. The van der Waals surface area contributed by atoms with E-state index in [1.807, 2.05) is 0 Å². The summed E-state index contributed by atoms with van der Waals surface area (Å²) >= 11 is 0. The van der Waals surface area contributed by atoms with Gasteiger partial charge in [-0.05, 0) is 83.5 Å². The highest BCUT2D eigenvalue weighted by Gasteiger charge is 2.21. The van der Waals surface area contributed by atoms with Crippen LogP contribution in [0.2, 0.25) is 0 Å². The Kier molecular flexibility index (Phi) is 4.11. The minimum absolute atomic E-state index is 0.944. The van der Waals surface area contributed by atoms with Gasteiger partial charge in [0.1, 0.15) is 11.2 Å². The molecule has 0 fully saturated rings. The topological polar surface area (TPSA) is 13.1 Å². The molecule has 1 heterocycles. The third-order valence-electron chi connectivity index (χ3n) is 8.39. The molecule has 0 bridgehead atoms. The quantitative estimate of drug-likeness (QED) is 0.172. The molecule has 9 rings (SSSR count). The molecule has 1 heteroatoms. The molecular weight excluding hydrogens is 472 g/mol. The van der Waals surface area contributed by atoms with Crippen LogP contribution in [0.15, 0.2) is 138 Å². The molecule has 180 valence electrons. The first-order valence-corrected chi connectivity index (χ1v) is 13.4. The van der Waals surface area contributed by atoms with Crippen molar-refractivity contribution in [2.75, 3.05) is 0 Å². The minimum Gasteiger partial charge on any atom is -0.456 e. The fourth-order valence-electron chi connectivity index (χ4n) is 6.84. The molecule has 0 saturated carbocycles. The maximum Gasteiger partial charge on any atom is 0.136 e. The largest absolute Gasteiger partial charge is 0.456 e. The van der Waals surface area contributed by atoms with Gasteiger partial charge in [0.05, 0.1) is 0 Å². The number of furan rings is 1. The van der Waals surface area contributed by atoms with E-state index in [9.17, 15) is 0 Å². The third-order valence-corrected chi connectivity index (χ3v) is 8.39. The van der Waals surface area contributed by atoms with E-state index in [2.05, 4.69) is 133 Å². The summed E-state index contributed by atoms with van der Waals surface area (Å²) in [6, 6.07) is 48.2. The second-order valence-corrected chi connectivity index (χ2v) is 10.4. The Balaban J connectivity index is 1.49. The van der Waals surface area contributed by atoms with Crippen molar-refractivity contribution in [1.29, 1.82) is 0 Å². The average molecular weight is 495 g/mol. The summed E-state index contributed by atoms with van der Waals surface area (Å²) < 4.78 is 6.56. The summed E-state index contributed by atoms with van der Waals surface area (Å²) in [7, 11) is 0.